The number of aromatic nitrogens is 1. The van der Waals surface area contributed by atoms with Crippen LogP contribution in [0, 0.1) is 12.7 Å². The molecule has 0 aliphatic heterocycles. The van der Waals surface area contributed by atoms with Gasteiger partial charge < -0.3 is 14.6 Å². The number of nitrogens with zero attached hydrogens (tertiary/aromatic N) is 1. The van der Waals surface area contributed by atoms with Crippen molar-refractivity contribution in [1.82, 2.24) is 10.5 Å². The van der Waals surface area contributed by atoms with E-state index in [0.717, 1.165) is 5.69 Å². The highest BCUT2D eigenvalue weighted by molar-refractivity contribution is 5.77. The van der Waals surface area contributed by atoms with E-state index >= 15 is 0 Å². The third-order valence-corrected chi connectivity index (χ3v) is 2.57. The highest BCUT2D eigenvalue weighted by atomic mass is 19.1. The monoisotopic (exact) mass is 278 g/mol. The number of benzene rings is 1. The molecule has 1 aromatic heterocycles. The van der Waals surface area contributed by atoms with E-state index in [1.54, 1.807) is 12.1 Å². The van der Waals surface area contributed by atoms with Gasteiger partial charge in [-0.1, -0.05) is 17.3 Å². The molecule has 2 aromatic rings. The number of ether oxygens (including phenoxy) is 1. The predicted octanol–water partition coefficient (Wildman–Crippen LogP) is 1.86. The van der Waals surface area contributed by atoms with Crippen molar-refractivity contribution in [1.29, 1.82) is 0 Å². The lowest BCUT2D eigenvalue weighted by molar-refractivity contribution is -0.123. The van der Waals surface area contributed by atoms with Gasteiger partial charge in [0.2, 0.25) is 0 Å². The summed E-state index contributed by atoms with van der Waals surface area (Å²) in [5.74, 6) is -0.0340. The maximum Gasteiger partial charge on any atom is 0.257 e. The standard InChI is InChI=1S/C14H15FN2O3/c1-10-8-11(20-17-10)6-7-16-14(18)9-19-13-5-3-2-4-12(13)15/h2-5,8H,6-7,9H2,1H3,(H,16,18). The highest BCUT2D eigenvalue weighted by Crippen LogP contribution is 2.14. The molecule has 0 bridgehead atoms. The first-order valence-corrected chi connectivity index (χ1v) is 6.21. The van der Waals surface area contributed by atoms with Gasteiger partial charge >= 0.3 is 0 Å². The van der Waals surface area contributed by atoms with Gasteiger partial charge in [-0.25, -0.2) is 4.39 Å². The predicted molar refractivity (Wildman–Crippen MR) is 69.8 cm³/mol. The summed E-state index contributed by atoms with van der Waals surface area (Å²) in [6.07, 6.45) is 0.548. The molecule has 1 N–H and O–H groups in total. The molecular weight excluding hydrogens is 263 g/mol. The minimum atomic E-state index is -0.488. The van der Waals surface area contributed by atoms with Gasteiger partial charge in [-0.05, 0) is 19.1 Å². The summed E-state index contributed by atoms with van der Waals surface area (Å²) < 4.78 is 23.3. The van der Waals surface area contributed by atoms with Crippen molar-refractivity contribution in [2.75, 3.05) is 13.2 Å². The minimum Gasteiger partial charge on any atom is -0.481 e. The van der Waals surface area contributed by atoms with E-state index in [2.05, 4.69) is 10.5 Å². The Balaban J connectivity index is 1.69. The Morgan fingerprint density at radius 2 is 2.25 bits per heavy atom. The van der Waals surface area contributed by atoms with Crippen molar-refractivity contribution < 1.29 is 18.4 Å². The highest BCUT2D eigenvalue weighted by Gasteiger charge is 2.06. The van der Waals surface area contributed by atoms with Crippen LogP contribution in [-0.2, 0) is 11.2 Å². The zero-order valence-corrected chi connectivity index (χ0v) is 11.1. The summed E-state index contributed by atoms with van der Waals surface area (Å²) in [4.78, 5) is 11.5. The molecule has 20 heavy (non-hydrogen) atoms. The van der Waals surface area contributed by atoms with Crippen molar-refractivity contribution in [3.63, 3.8) is 0 Å². The quantitative estimate of drug-likeness (QED) is 0.876. The molecule has 6 heteroatoms. The first kappa shape index (κ1) is 14.0. The van der Waals surface area contributed by atoms with Crippen LogP contribution < -0.4 is 10.1 Å². The fourth-order valence-electron chi connectivity index (χ4n) is 1.62. The average Bonchev–Trinajstić information content (AvgIpc) is 2.83. The van der Waals surface area contributed by atoms with E-state index in [-0.39, 0.29) is 18.3 Å². The molecule has 5 nitrogen and oxygen atoms in total. The molecule has 0 fully saturated rings. The molecule has 1 aromatic carbocycles. The fraction of sp³-hybridized carbons (Fsp3) is 0.286. The average molecular weight is 278 g/mol. The summed E-state index contributed by atoms with van der Waals surface area (Å²) >= 11 is 0. The number of hydrogen-bond donors (Lipinski definition) is 1. The van der Waals surface area contributed by atoms with Crippen molar-refractivity contribution in [3.8, 4) is 5.75 Å². The summed E-state index contributed by atoms with van der Waals surface area (Å²) in [6.45, 7) is 2.01. The zero-order chi connectivity index (χ0) is 14.4. The van der Waals surface area contributed by atoms with E-state index in [0.29, 0.717) is 18.7 Å². The molecular formula is C14H15FN2O3. The number of rotatable bonds is 6. The molecule has 106 valence electrons. The lowest BCUT2D eigenvalue weighted by Crippen LogP contribution is -2.30. The minimum absolute atomic E-state index is 0.0634. The number of hydrogen-bond acceptors (Lipinski definition) is 4. The second-order valence-electron chi connectivity index (χ2n) is 4.25. The normalized spacial score (nSPS) is 10.3. The van der Waals surface area contributed by atoms with Crippen molar-refractivity contribution in [2.45, 2.75) is 13.3 Å². The number of amides is 1. The Kier molecular flexibility index (Phi) is 4.70. The summed E-state index contributed by atoms with van der Waals surface area (Å²) in [5.41, 5.74) is 0.800. The SMILES string of the molecule is Cc1cc(CCNC(=O)COc2ccccc2F)on1. The Hall–Kier alpha value is -2.37. The summed E-state index contributed by atoms with van der Waals surface area (Å²) in [7, 11) is 0. The van der Waals surface area contributed by atoms with E-state index in [9.17, 15) is 9.18 Å². The molecule has 0 aliphatic rings. The van der Waals surface area contributed by atoms with E-state index in [4.69, 9.17) is 9.26 Å². The first-order chi connectivity index (χ1) is 9.65. The fourth-order valence-corrected chi connectivity index (χ4v) is 1.62. The van der Waals surface area contributed by atoms with Gasteiger partial charge in [0.15, 0.2) is 18.2 Å². The number of halogens is 1. The maximum absolute atomic E-state index is 13.2. The molecule has 0 unspecified atom stereocenters. The van der Waals surface area contributed by atoms with Crippen LogP contribution in [0.15, 0.2) is 34.9 Å². The molecule has 1 amide bonds. The zero-order valence-electron chi connectivity index (χ0n) is 11.1. The van der Waals surface area contributed by atoms with Crippen molar-refractivity contribution in [3.05, 3.63) is 47.6 Å². The van der Waals surface area contributed by atoms with Crippen LogP contribution in [0.4, 0.5) is 4.39 Å². The Morgan fingerprint density at radius 3 is 2.95 bits per heavy atom. The molecule has 0 spiro atoms. The van der Waals surface area contributed by atoms with Crippen LogP contribution in [0.1, 0.15) is 11.5 Å². The van der Waals surface area contributed by atoms with E-state index < -0.39 is 5.82 Å². The van der Waals surface area contributed by atoms with Gasteiger partial charge in [-0.2, -0.15) is 0 Å². The summed E-state index contributed by atoms with van der Waals surface area (Å²) in [6, 6.07) is 7.76. The van der Waals surface area contributed by atoms with Gasteiger partial charge in [0.05, 0.1) is 5.69 Å². The lowest BCUT2D eigenvalue weighted by Gasteiger charge is -2.07. The number of carbonyl (C=O) groups is 1. The number of nitrogens with one attached hydrogen (secondary N) is 1. The molecule has 0 saturated heterocycles. The van der Waals surface area contributed by atoms with Gasteiger partial charge in [-0.3, -0.25) is 4.79 Å². The summed E-state index contributed by atoms with van der Waals surface area (Å²) in [5, 5.41) is 6.40. The molecule has 0 atom stereocenters. The Bertz CT molecular complexity index is 583. The third-order valence-electron chi connectivity index (χ3n) is 2.57. The second kappa shape index (κ2) is 6.70. The third kappa shape index (κ3) is 4.08. The van der Waals surface area contributed by atoms with Gasteiger partial charge in [0, 0.05) is 19.0 Å². The smallest absolute Gasteiger partial charge is 0.257 e. The molecule has 1 heterocycles. The second-order valence-corrected chi connectivity index (χ2v) is 4.25. The Morgan fingerprint density at radius 1 is 1.45 bits per heavy atom. The molecule has 0 aliphatic carbocycles. The van der Waals surface area contributed by atoms with Crippen LogP contribution in [0.25, 0.3) is 0 Å². The van der Waals surface area contributed by atoms with Crippen LogP contribution >= 0.6 is 0 Å². The number of aryl methyl sites for hydroxylation is 1. The first-order valence-electron chi connectivity index (χ1n) is 6.21. The van der Waals surface area contributed by atoms with Crippen LogP contribution in [0.5, 0.6) is 5.75 Å². The Labute approximate surface area is 115 Å². The van der Waals surface area contributed by atoms with Crippen molar-refractivity contribution in [2.24, 2.45) is 0 Å². The maximum atomic E-state index is 13.2. The molecule has 2 rings (SSSR count). The molecule has 0 radical (unpaired) electrons. The van der Waals surface area contributed by atoms with Gasteiger partial charge in [-0.15, -0.1) is 0 Å². The number of carbonyl (C=O) groups excluding carboxylic acids is 1. The lowest BCUT2D eigenvalue weighted by atomic mass is 10.3. The largest absolute Gasteiger partial charge is 0.481 e. The van der Waals surface area contributed by atoms with Crippen LogP contribution in [0.2, 0.25) is 0 Å². The van der Waals surface area contributed by atoms with Gasteiger partial charge in [0.25, 0.3) is 5.91 Å². The van der Waals surface area contributed by atoms with Crippen molar-refractivity contribution >= 4 is 5.91 Å². The topological polar surface area (TPSA) is 64.4 Å². The molecule has 0 saturated carbocycles. The van der Waals surface area contributed by atoms with Crippen LogP contribution in [-0.4, -0.2) is 24.2 Å². The van der Waals surface area contributed by atoms with E-state index in [1.165, 1.54) is 12.1 Å². The van der Waals surface area contributed by atoms with E-state index in [1.807, 2.05) is 13.0 Å². The van der Waals surface area contributed by atoms with Gasteiger partial charge in [0.1, 0.15) is 5.76 Å². The number of para-hydroxylation sites is 1. The van der Waals surface area contributed by atoms with Crippen LogP contribution in [0.3, 0.4) is 0 Å².